The van der Waals surface area contributed by atoms with Gasteiger partial charge in [0.1, 0.15) is 0 Å². The predicted octanol–water partition coefficient (Wildman–Crippen LogP) is 2.49. The third-order valence-electron chi connectivity index (χ3n) is 3.45. The first-order chi connectivity index (χ1) is 12.1. The zero-order valence-electron chi connectivity index (χ0n) is 12.8. The fraction of sp³-hybridized carbons (Fsp3) is 0.0667. The fourth-order valence-corrected chi connectivity index (χ4v) is 2.41. The zero-order chi connectivity index (χ0) is 17.4. The van der Waals surface area contributed by atoms with Gasteiger partial charge in [0.15, 0.2) is 11.6 Å². The van der Waals surface area contributed by atoms with Crippen LogP contribution in [0.1, 0.15) is 11.8 Å². The van der Waals surface area contributed by atoms with Crippen LogP contribution in [0, 0.1) is 18.6 Å². The normalized spacial score (nSPS) is 19.2. The first kappa shape index (κ1) is 15.1. The number of halogens is 2. The molecule has 1 aliphatic rings. The summed E-state index contributed by atoms with van der Waals surface area (Å²) in [5, 5.41) is 11.8. The second-order valence-electron chi connectivity index (χ2n) is 5.10. The summed E-state index contributed by atoms with van der Waals surface area (Å²) in [6.45, 7) is 1.61. The van der Waals surface area contributed by atoms with Gasteiger partial charge in [-0.3, -0.25) is 0 Å². The maximum absolute atomic E-state index is 14.5. The van der Waals surface area contributed by atoms with Crippen LogP contribution in [-0.4, -0.2) is 32.3 Å². The Labute approximate surface area is 139 Å². The summed E-state index contributed by atoms with van der Waals surface area (Å²) in [5.74, 6) is -1.25. The lowest BCUT2D eigenvalue weighted by molar-refractivity contribution is 0.486. The van der Waals surface area contributed by atoms with Crippen molar-refractivity contribution in [2.24, 2.45) is 10.1 Å². The molecule has 0 spiro atoms. The largest absolute Gasteiger partial charge is 0.418 e. The Kier molecular flexibility index (Phi) is 3.39. The van der Waals surface area contributed by atoms with Gasteiger partial charge in [-0.2, -0.15) is 15.0 Å². The van der Waals surface area contributed by atoms with Crippen LogP contribution in [0.5, 0.6) is 0 Å². The molecule has 1 unspecified atom stereocenters. The molecule has 25 heavy (non-hydrogen) atoms. The maximum atomic E-state index is 14.5. The maximum Gasteiger partial charge on any atom is 0.367 e. The van der Waals surface area contributed by atoms with Crippen LogP contribution < -0.4 is 4.59 Å². The van der Waals surface area contributed by atoms with Gasteiger partial charge in [0.25, 0.3) is 11.7 Å². The number of amidine groups is 1. The van der Waals surface area contributed by atoms with E-state index in [1.54, 1.807) is 13.0 Å². The number of hydrogen-bond acceptors (Lipinski definition) is 7. The van der Waals surface area contributed by atoms with Crippen molar-refractivity contribution in [1.82, 2.24) is 24.8 Å². The molecule has 4 rings (SSSR count). The third kappa shape index (κ3) is 2.39. The monoisotopic (exact) mass is 342 g/mol. The van der Waals surface area contributed by atoms with E-state index < -0.39 is 16.2 Å². The second-order valence-corrected chi connectivity index (χ2v) is 5.10. The topological polar surface area (TPSA) is 89.4 Å². The fourth-order valence-electron chi connectivity index (χ4n) is 2.41. The quantitative estimate of drug-likeness (QED) is 0.682. The second kappa shape index (κ2) is 5.60. The Balaban J connectivity index is 1.97. The summed E-state index contributed by atoms with van der Waals surface area (Å²) in [7, 11) is 0. The molecular weight excluding hydrogens is 332 g/mol. The van der Waals surface area contributed by atoms with Gasteiger partial charge in [-0.1, -0.05) is 10.7 Å². The minimum Gasteiger partial charge on any atom is -0.418 e. The molecule has 0 aliphatic carbocycles. The molecule has 0 amide bonds. The van der Waals surface area contributed by atoms with Gasteiger partial charge in [-0.15, -0.1) is 10.2 Å². The van der Waals surface area contributed by atoms with Crippen molar-refractivity contribution < 1.29 is 13.2 Å². The Morgan fingerprint density at radius 2 is 1.72 bits per heavy atom. The molecule has 3 heterocycles. The molecule has 0 bridgehead atoms. The standard InChI is InChI=1S/C15H10F2N7O/c1-9-21-22-14(25-9)13-20-8-24(23-13,15-18-6-3-7-19-15)12-10(16)4-2-5-11(12)17/h2-8H,1H3/q+1. The number of aryl methyl sites for hydroxylation is 1. The molecule has 0 N–H and O–H groups in total. The third-order valence-corrected chi connectivity index (χ3v) is 3.45. The van der Waals surface area contributed by atoms with E-state index in [0.717, 1.165) is 12.1 Å². The van der Waals surface area contributed by atoms with Gasteiger partial charge in [-0.05, 0) is 23.3 Å². The summed E-state index contributed by atoms with van der Waals surface area (Å²) in [4.78, 5) is 12.3. The first-order valence-electron chi connectivity index (χ1n) is 7.17. The van der Waals surface area contributed by atoms with E-state index in [-0.39, 0.29) is 23.4 Å². The molecule has 0 radical (unpaired) electrons. The van der Waals surface area contributed by atoms with Crippen molar-refractivity contribution in [1.29, 1.82) is 0 Å². The van der Waals surface area contributed by atoms with Crippen molar-refractivity contribution in [2.75, 3.05) is 0 Å². The van der Waals surface area contributed by atoms with Gasteiger partial charge in [0.05, 0.1) is 0 Å². The lowest BCUT2D eigenvalue weighted by Gasteiger charge is -2.21. The van der Waals surface area contributed by atoms with Crippen molar-refractivity contribution in [3.63, 3.8) is 0 Å². The number of aromatic nitrogens is 4. The number of rotatable bonds is 3. The van der Waals surface area contributed by atoms with E-state index in [0.29, 0.717) is 5.89 Å². The summed E-state index contributed by atoms with van der Waals surface area (Å²) in [5.41, 5.74) is -0.385. The average molecular weight is 342 g/mol. The number of aliphatic imine (C=N–C) groups is 1. The lowest BCUT2D eigenvalue weighted by Crippen LogP contribution is -2.38. The smallest absolute Gasteiger partial charge is 0.367 e. The number of para-hydroxylation sites is 1. The SMILES string of the molecule is Cc1nnc(C2=N[N+](c3ncccn3)(c3c(F)cccc3F)C=N2)o1. The van der Waals surface area contributed by atoms with E-state index >= 15 is 0 Å². The Hall–Kier alpha value is -3.40. The average Bonchev–Trinajstić information content (AvgIpc) is 3.23. The highest BCUT2D eigenvalue weighted by Crippen LogP contribution is 2.37. The minimum atomic E-state index is -0.823. The summed E-state index contributed by atoms with van der Waals surface area (Å²) in [6, 6.07) is 5.09. The van der Waals surface area contributed by atoms with Crippen LogP contribution >= 0.6 is 0 Å². The van der Waals surface area contributed by atoms with E-state index in [1.807, 2.05) is 0 Å². The molecule has 8 nitrogen and oxygen atoms in total. The Bertz CT molecular complexity index is 982. The minimum absolute atomic E-state index is 0.0153. The number of nitrogens with zero attached hydrogens (tertiary/aromatic N) is 7. The van der Waals surface area contributed by atoms with Crippen LogP contribution in [0.4, 0.5) is 20.4 Å². The van der Waals surface area contributed by atoms with Crippen LogP contribution in [0.2, 0.25) is 0 Å². The van der Waals surface area contributed by atoms with Crippen molar-refractivity contribution in [3.05, 3.63) is 60.1 Å². The molecule has 3 aromatic rings. The number of quaternary nitrogens is 1. The zero-order valence-corrected chi connectivity index (χ0v) is 12.8. The van der Waals surface area contributed by atoms with E-state index in [9.17, 15) is 8.78 Å². The first-order valence-corrected chi connectivity index (χ1v) is 7.17. The van der Waals surface area contributed by atoms with Gasteiger partial charge >= 0.3 is 5.95 Å². The van der Waals surface area contributed by atoms with Crippen LogP contribution in [0.3, 0.4) is 0 Å². The molecule has 0 fully saturated rings. The summed E-state index contributed by atoms with van der Waals surface area (Å²) < 4.78 is 33.4. The molecule has 124 valence electrons. The number of benzene rings is 1. The van der Waals surface area contributed by atoms with Crippen molar-refractivity contribution in [3.8, 4) is 0 Å². The summed E-state index contributed by atoms with van der Waals surface area (Å²) in [6.07, 6.45) is 4.10. The summed E-state index contributed by atoms with van der Waals surface area (Å²) >= 11 is 0. The van der Waals surface area contributed by atoms with E-state index in [1.165, 1.54) is 24.8 Å². The molecule has 1 atom stereocenters. The highest BCUT2D eigenvalue weighted by atomic mass is 19.1. The molecule has 1 aromatic carbocycles. The van der Waals surface area contributed by atoms with Crippen molar-refractivity contribution >= 4 is 23.8 Å². The highest BCUT2D eigenvalue weighted by molar-refractivity contribution is 6.06. The van der Waals surface area contributed by atoms with Gasteiger partial charge < -0.3 is 4.42 Å². The van der Waals surface area contributed by atoms with E-state index in [4.69, 9.17) is 4.42 Å². The molecular formula is C15H10F2N7O+. The lowest BCUT2D eigenvalue weighted by atomic mass is 10.2. The molecule has 0 saturated carbocycles. The Morgan fingerprint density at radius 3 is 2.36 bits per heavy atom. The molecule has 2 aromatic heterocycles. The van der Waals surface area contributed by atoms with Crippen LogP contribution in [0.15, 0.2) is 51.2 Å². The number of hydrogen-bond donors (Lipinski definition) is 0. The van der Waals surface area contributed by atoms with Crippen molar-refractivity contribution in [2.45, 2.75) is 6.92 Å². The Morgan fingerprint density at radius 1 is 1.00 bits per heavy atom. The molecule has 0 saturated heterocycles. The predicted molar refractivity (Wildman–Crippen MR) is 83.9 cm³/mol. The molecule has 1 aliphatic heterocycles. The van der Waals surface area contributed by atoms with Gasteiger partial charge in [0, 0.05) is 19.3 Å². The highest BCUT2D eigenvalue weighted by Gasteiger charge is 2.46. The van der Waals surface area contributed by atoms with Gasteiger partial charge in [-0.25, -0.2) is 8.78 Å². The molecule has 10 heteroatoms. The van der Waals surface area contributed by atoms with Gasteiger partial charge in [0.2, 0.25) is 17.9 Å². The van der Waals surface area contributed by atoms with Crippen LogP contribution in [0.25, 0.3) is 0 Å². The van der Waals surface area contributed by atoms with Crippen LogP contribution in [-0.2, 0) is 0 Å². The van der Waals surface area contributed by atoms with E-state index in [2.05, 4.69) is 30.3 Å².